The van der Waals surface area contributed by atoms with Gasteiger partial charge in [0.25, 0.3) is 0 Å². The van der Waals surface area contributed by atoms with Crippen LogP contribution >= 0.6 is 0 Å². The van der Waals surface area contributed by atoms with Crippen molar-refractivity contribution in [2.24, 2.45) is 0 Å². The summed E-state index contributed by atoms with van der Waals surface area (Å²) in [6.07, 6.45) is 0. The molecule has 6 aromatic heterocycles. The first kappa shape index (κ1) is 89.1. The standard InChI is InChI=1S/C70H54N4.C68H50N4/c1-43-36-45(3)67(46(4)37-43)51-32-34-64-57(40-51)58-41-52(68-47(5)38-44(2)39-48(68)6)33-35-65(58)74(64)66-31-19-27-56(70-71-59(49-20-9-7-10-21-49)42-60(72-70)50-22-11-8-12-23-50)69(66)55-26-15-18-30-63(55)73-61-28-16-13-24-53(61)54-25-14-17-29-62(54)73;1-43-30-34-51(45(3)38-43)49-32-36-64-57(40-49)58-41-50(52-35-31-44(2)39-46(52)4)33-37-65(58)72(64)66-29-17-25-56(68-69-59(47-18-7-5-8-19-47)42-60(70-68)48-20-9-6-10-21-48)67(66)55-24-13-16-28-63(55)71-61-26-14-11-22-53(61)54-23-12-15-27-62(54)71/h7-42H,1-6H3;5-42H,1-4H3. The molecule has 6 heterocycles. The molecule has 0 saturated carbocycles. The monoisotopic (exact) mass is 1870 g/mol. The largest absolute Gasteiger partial charge is 0.309 e. The number of para-hydroxylation sites is 6. The maximum atomic E-state index is 5.53. The topological polar surface area (TPSA) is 71.3 Å². The number of benzene rings is 20. The van der Waals surface area contributed by atoms with Crippen LogP contribution in [-0.4, -0.2) is 38.2 Å². The molecule has 8 heteroatoms. The van der Waals surface area contributed by atoms with Crippen LogP contribution in [0, 0.1) is 69.2 Å². The Balaban J connectivity index is 0.000000152. The molecule has 8 nitrogen and oxygen atoms in total. The molecule has 0 fully saturated rings. The summed E-state index contributed by atoms with van der Waals surface area (Å²) < 4.78 is 9.88. The van der Waals surface area contributed by atoms with Crippen molar-refractivity contribution in [3.05, 3.63) is 505 Å². The highest BCUT2D eigenvalue weighted by Crippen LogP contribution is 2.51. The van der Waals surface area contributed by atoms with E-state index >= 15 is 0 Å². The molecule has 26 aromatic rings. The van der Waals surface area contributed by atoms with Crippen LogP contribution in [0.2, 0.25) is 0 Å². The third-order valence-electron chi connectivity index (χ3n) is 29.6. The van der Waals surface area contributed by atoms with Crippen LogP contribution in [-0.2, 0) is 0 Å². The summed E-state index contributed by atoms with van der Waals surface area (Å²) in [5.41, 5.74) is 49.5. The van der Waals surface area contributed by atoms with Gasteiger partial charge in [-0.1, -0.05) is 362 Å². The maximum absolute atomic E-state index is 5.53. The lowest BCUT2D eigenvalue weighted by Crippen LogP contribution is -2.04. The van der Waals surface area contributed by atoms with Crippen LogP contribution in [0.15, 0.2) is 449 Å². The highest BCUT2D eigenvalue weighted by molar-refractivity contribution is 6.17. The molecule has 0 aliphatic carbocycles. The Morgan fingerprint density at radius 3 is 0.705 bits per heavy atom. The smallest absolute Gasteiger partial charge is 0.161 e. The van der Waals surface area contributed by atoms with E-state index in [1.807, 2.05) is 0 Å². The van der Waals surface area contributed by atoms with Gasteiger partial charge >= 0.3 is 0 Å². The number of hydrogen-bond donors (Lipinski definition) is 0. The molecular formula is C138H104N8. The lowest BCUT2D eigenvalue weighted by Gasteiger charge is -2.21. The molecule has 0 aliphatic rings. The van der Waals surface area contributed by atoms with Gasteiger partial charge in [-0.25, -0.2) is 19.9 Å². The Morgan fingerprint density at radius 2 is 0.390 bits per heavy atom. The summed E-state index contributed by atoms with van der Waals surface area (Å²) >= 11 is 0. The SMILES string of the molecule is Cc1cc(C)c(-c2ccc3c(c2)c2cc(-c4c(C)cc(C)cc4C)ccc2n3-c2cccc(-c3nc(-c4ccccc4)cc(-c4ccccc4)n3)c2-c2ccccc2-n2c3ccccc3c3ccccc32)c(C)c1.Cc1ccc(-c2ccc3c(c2)c2cc(-c4ccc(C)cc4C)ccc2n3-c2cccc(-c3nc(-c4ccccc4)cc(-c4ccccc4)n3)c2-c2ccccc2-n2c3ccccc3c3ccccc32)c(C)c1. The third kappa shape index (κ3) is 15.6. The lowest BCUT2D eigenvalue weighted by molar-refractivity contribution is 1.15. The van der Waals surface area contributed by atoms with Crippen molar-refractivity contribution < 1.29 is 0 Å². The highest BCUT2D eigenvalue weighted by Gasteiger charge is 2.30. The van der Waals surface area contributed by atoms with Gasteiger partial charge in [-0.05, 0) is 256 Å². The minimum absolute atomic E-state index is 0.652. The molecule has 0 saturated heterocycles. The second kappa shape index (κ2) is 36.7. The minimum Gasteiger partial charge on any atom is -0.309 e. The highest BCUT2D eigenvalue weighted by atomic mass is 15.0. The predicted molar refractivity (Wildman–Crippen MR) is 614 cm³/mol. The first-order chi connectivity index (χ1) is 71.5. The summed E-state index contributed by atoms with van der Waals surface area (Å²) in [4.78, 5) is 22.1. The fraction of sp³-hybridized carbons (Fsp3) is 0.0725. The molecule has 0 radical (unpaired) electrons. The average Bonchev–Trinajstić information content (AvgIpc) is 1.54. The zero-order chi connectivity index (χ0) is 98.6. The number of fused-ring (bicyclic) bond motifs is 12. The summed E-state index contributed by atoms with van der Waals surface area (Å²) in [6, 6.07) is 163. The summed E-state index contributed by atoms with van der Waals surface area (Å²) in [6.45, 7) is 22.1. The first-order valence-corrected chi connectivity index (χ1v) is 50.5. The third-order valence-corrected chi connectivity index (χ3v) is 29.6. The molecular weight excluding hydrogens is 1770 g/mol. The zero-order valence-electron chi connectivity index (χ0n) is 83.3. The van der Waals surface area contributed by atoms with E-state index in [9.17, 15) is 0 Å². The molecule has 0 N–H and O–H groups in total. The average molecular weight is 1870 g/mol. The first-order valence-electron chi connectivity index (χ1n) is 50.5. The molecule has 26 rings (SSSR count). The van der Waals surface area contributed by atoms with E-state index in [4.69, 9.17) is 19.9 Å². The van der Waals surface area contributed by atoms with Crippen molar-refractivity contribution in [1.82, 2.24) is 38.2 Å². The van der Waals surface area contributed by atoms with Crippen LogP contribution in [0.25, 0.3) is 245 Å². The molecule has 0 spiro atoms. The molecule has 20 aromatic carbocycles. The Kier molecular flexibility index (Phi) is 22.4. The molecule has 0 bridgehead atoms. The van der Waals surface area contributed by atoms with Crippen molar-refractivity contribution >= 4 is 87.2 Å². The van der Waals surface area contributed by atoms with Crippen LogP contribution in [0.1, 0.15) is 55.6 Å². The molecule has 0 atom stereocenters. The van der Waals surface area contributed by atoms with Crippen molar-refractivity contribution in [3.63, 3.8) is 0 Å². The van der Waals surface area contributed by atoms with Gasteiger partial charge in [0.1, 0.15) is 0 Å². The van der Waals surface area contributed by atoms with E-state index in [1.54, 1.807) is 0 Å². The van der Waals surface area contributed by atoms with Gasteiger partial charge in [0.05, 0.1) is 89.7 Å². The second-order valence-electron chi connectivity index (χ2n) is 39.3. The van der Waals surface area contributed by atoms with Gasteiger partial charge in [-0.3, -0.25) is 0 Å². The van der Waals surface area contributed by atoms with Crippen LogP contribution in [0.4, 0.5) is 0 Å². The number of rotatable bonds is 16. The van der Waals surface area contributed by atoms with Gasteiger partial charge in [0.2, 0.25) is 0 Å². The van der Waals surface area contributed by atoms with E-state index < -0.39 is 0 Å². The van der Waals surface area contributed by atoms with Gasteiger partial charge < -0.3 is 18.3 Å². The zero-order valence-corrected chi connectivity index (χ0v) is 83.3. The number of aryl methyl sites for hydroxylation is 10. The van der Waals surface area contributed by atoms with Gasteiger partial charge in [-0.15, -0.1) is 0 Å². The molecule has 0 unspecified atom stereocenters. The minimum atomic E-state index is 0.652. The van der Waals surface area contributed by atoms with Crippen LogP contribution in [0.5, 0.6) is 0 Å². The summed E-state index contributed by atoms with van der Waals surface area (Å²) in [7, 11) is 0. The van der Waals surface area contributed by atoms with Gasteiger partial charge in [0, 0.05) is 98.7 Å². The summed E-state index contributed by atoms with van der Waals surface area (Å²) in [5, 5.41) is 9.62. The van der Waals surface area contributed by atoms with E-state index in [0.717, 1.165) is 145 Å². The number of hydrogen-bond acceptors (Lipinski definition) is 4. The molecule has 146 heavy (non-hydrogen) atoms. The van der Waals surface area contributed by atoms with Crippen molar-refractivity contribution in [1.29, 1.82) is 0 Å². The van der Waals surface area contributed by atoms with E-state index in [-0.39, 0.29) is 0 Å². The quantitative estimate of drug-likeness (QED) is 0.0966. The fourth-order valence-electron chi connectivity index (χ4n) is 23.4. The Morgan fingerprint density at radius 1 is 0.144 bits per heavy atom. The van der Waals surface area contributed by atoms with Crippen molar-refractivity contribution in [3.8, 4) is 157 Å². The van der Waals surface area contributed by atoms with E-state index in [0.29, 0.717) is 11.6 Å². The Bertz CT molecular complexity index is 9240. The Hall–Kier alpha value is -18.2. The van der Waals surface area contributed by atoms with Gasteiger partial charge in [0.15, 0.2) is 11.6 Å². The van der Waals surface area contributed by atoms with Crippen LogP contribution in [0.3, 0.4) is 0 Å². The second-order valence-corrected chi connectivity index (χ2v) is 39.3. The number of nitrogens with zero attached hydrogens (tertiary/aromatic N) is 8. The number of aromatic nitrogens is 8. The predicted octanol–water partition coefficient (Wildman–Crippen LogP) is 36.4. The van der Waals surface area contributed by atoms with Crippen LogP contribution < -0.4 is 0 Å². The normalized spacial score (nSPS) is 11.6. The van der Waals surface area contributed by atoms with E-state index in [1.165, 1.54) is 143 Å². The molecule has 0 aliphatic heterocycles. The molecule has 0 amide bonds. The summed E-state index contributed by atoms with van der Waals surface area (Å²) in [5.74, 6) is 1.30. The molecule has 696 valence electrons. The fourth-order valence-corrected chi connectivity index (χ4v) is 23.4. The Labute approximate surface area is 850 Å². The van der Waals surface area contributed by atoms with Crippen molar-refractivity contribution in [2.75, 3.05) is 0 Å². The van der Waals surface area contributed by atoms with E-state index in [2.05, 4.69) is 536 Å². The lowest BCUT2D eigenvalue weighted by atomic mass is 9.91. The maximum Gasteiger partial charge on any atom is 0.161 e. The van der Waals surface area contributed by atoms with Gasteiger partial charge in [-0.2, -0.15) is 0 Å². The van der Waals surface area contributed by atoms with Crippen molar-refractivity contribution in [2.45, 2.75) is 69.2 Å².